The van der Waals surface area contributed by atoms with Crippen LogP contribution in [0.2, 0.25) is 0 Å². The van der Waals surface area contributed by atoms with E-state index in [4.69, 9.17) is 0 Å². The molecule has 2 bridgehead atoms. The van der Waals surface area contributed by atoms with Crippen molar-refractivity contribution in [3.05, 3.63) is 59.2 Å². The molecule has 2 aliphatic rings. The predicted molar refractivity (Wildman–Crippen MR) is 84.2 cm³/mol. The highest BCUT2D eigenvalue weighted by Gasteiger charge is 2.37. The molecule has 1 fully saturated rings. The van der Waals surface area contributed by atoms with Crippen molar-refractivity contribution < 1.29 is 13.2 Å². The SMILES string of the molecule is CN1CC[C@@H]2C[C@@H]1c1cc(-c3ccc(C(F)(F)F)cc3)ccc12. The molecule has 1 nitrogen and oxygen atoms in total. The Hall–Kier alpha value is -1.81. The highest BCUT2D eigenvalue weighted by molar-refractivity contribution is 5.66. The van der Waals surface area contributed by atoms with E-state index in [-0.39, 0.29) is 0 Å². The first-order valence-corrected chi connectivity index (χ1v) is 7.95. The van der Waals surface area contributed by atoms with Crippen molar-refractivity contribution in [3.63, 3.8) is 0 Å². The number of rotatable bonds is 1. The summed E-state index contributed by atoms with van der Waals surface area (Å²) >= 11 is 0. The summed E-state index contributed by atoms with van der Waals surface area (Å²) in [5.74, 6) is 0.646. The maximum atomic E-state index is 12.7. The number of hydrogen-bond acceptors (Lipinski definition) is 1. The monoisotopic (exact) mass is 317 g/mol. The van der Waals surface area contributed by atoms with Crippen LogP contribution in [0, 0.1) is 0 Å². The van der Waals surface area contributed by atoms with Gasteiger partial charge in [0, 0.05) is 6.04 Å². The lowest BCUT2D eigenvalue weighted by Gasteiger charge is -2.29. The Kier molecular flexibility index (Phi) is 3.27. The summed E-state index contributed by atoms with van der Waals surface area (Å²) in [5.41, 5.74) is 4.02. The molecule has 0 aromatic heterocycles. The van der Waals surface area contributed by atoms with Crippen LogP contribution < -0.4 is 0 Å². The van der Waals surface area contributed by atoms with Gasteiger partial charge in [-0.1, -0.05) is 24.3 Å². The van der Waals surface area contributed by atoms with E-state index in [1.807, 2.05) is 6.07 Å². The standard InChI is InChI=1S/C19H18F3N/c1-23-9-8-14-11-18(23)17-10-13(4-7-16(14)17)12-2-5-15(6-3-12)19(20,21)22/h2-7,10,14,18H,8-9,11H2,1H3/t14-,18-/m1/s1. The van der Waals surface area contributed by atoms with E-state index in [9.17, 15) is 13.2 Å². The Morgan fingerprint density at radius 3 is 2.35 bits per heavy atom. The molecule has 2 atom stereocenters. The summed E-state index contributed by atoms with van der Waals surface area (Å²) in [5, 5.41) is 0. The van der Waals surface area contributed by atoms with Gasteiger partial charge in [-0.05, 0) is 72.8 Å². The Morgan fingerprint density at radius 2 is 1.65 bits per heavy atom. The molecule has 0 N–H and O–H groups in total. The van der Waals surface area contributed by atoms with Crippen molar-refractivity contribution in [2.24, 2.45) is 0 Å². The van der Waals surface area contributed by atoms with Crippen LogP contribution in [0.3, 0.4) is 0 Å². The minimum atomic E-state index is -4.28. The zero-order chi connectivity index (χ0) is 16.2. The van der Waals surface area contributed by atoms with Gasteiger partial charge in [-0.3, -0.25) is 4.90 Å². The molecular weight excluding hydrogens is 299 g/mol. The van der Waals surface area contributed by atoms with E-state index >= 15 is 0 Å². The number of fused-ring (bicyclic) bond motifs is 5. The number of alkyl halides is 3. The van der Waals surface area contributed by atoms with Crippen LogP contribution >= 0.6 is 0 Å². The second-order valence-electron chi connectivity index (χ2n) is 6.64. The Bertz CT molecular complexity index is 733. The summed E-state index contributed by atoms with van der Waals surface area (Å²) in [6.45, 7) is 1.11. The van der Waals surface area contributed by atoms with Crippen LogP contribution in [0.25, 0.3) is 11.1 Å². The zero-order valence-electron chi connectivity index (χ0n) is 12.9. The van der Waals surface area contributed by atoms with Gasteiger partial charge in [-0.15, -0.1) is 0 Å². The fraction of sp³-hybridized carbons (Fsp3) is 0.368. The number of piperidine rings is 1. The van der Waals surface area contributed by atoms with Crippen molar-refractivity contribution >= 4 is 0 Å². The molecule has 1 aliphatic heterocycles. The molecule has 0 spiro atoms. The largest absolute Gasteiger partial charge is 0.416 e. The van der Waals surface area contributed by atoms with Gasteiger partial charge in [0.25, 0.3) is 0 Å². The second kappa shape index (κ2) is 5.10. The van der Waals surface area contributed by atoms with E-state index in [0.29, 0.717) is 12.0 Å². The third-order valence-electron chi connectivity index (χ3n) is 5.30. The lowest BCUT2D eigenvalue weighted by molar-refractivity contribution is -0.137. The van der Waals surface area contributed by atoms with Gasteiger partial charge in [0.1, 0.15) is 0 Å². The Labute approximate surface area is 133 Å². The summed E-state index contributed by atoms with van der Waals surface area (Å²) < 4.78 is 38.1. The maximum absolute atomic E-state index is 12.7. The second-order valence-corrected chi connectivity index (χ2v) is 6.64. The smallest absolute Gasteiger partial charge is 0.299 e. The van der Waals surface area contributed by atoms with E-state index in [1.165, 1.54) is 24.0 Å². The number of halogens is 3. The van der Waals surface area contributed by atoms with Crippen LogP contribution in [0.15, 0.2) is 42.5 Å². The Morgan fingerprint density at radius 1 is 0.957 bits per heavy atom. The van der Waals surface area contributed by atoms with Gasteiger partial charge < -0.3 is 0 Å². The van der Waals surface area contributed by atoms with Crippen molar-refractivity contribution in [1.82, 2.24) is 4.90 Å². The molecule has 4 heteroatoms. The summed E-state index contributed by atoms with van der Waals surface area (Å²) in [4.78, 5) is 2.39. The maximum Gasteiger partial charge on any atom is 0.416 e. The number of nitrogens with zero attached hydrogens (tertiary/aromatic N) is 1. The molecule has 0 amide bonds. The fourth-order valence-corrected chi connectivity index (χ4v) is 4.00. The van der Waals surface area contributed by atoms with Gasteiger partial charge in [0.2, 0.25) is 0 Å². The Balaban J connectivity index is 1.70. The molecule has 120 valence electrons. The molecule has 1 heterocycles. The van der Waals surface area contributed by atoms with E-state index in [0.717, 1.165) is 29.8 Å². The van der Waals surface area contributed by atoms with Crippen LogP contribution in [-0.4, -0.2) is 18.5 Å². The highest BCUT2D eigenvalue weighted by atomic mass is 19.4. The molecule has 0 saturated carbocycles. The average molecular weight is 317 g/mol. The van der Waals surface area contributed by atoms with Gasteiger partial charge >= 0.3 is 6.18 Å². The van der Waals surface area contributed by atoms with E-state index in [2.05, 4.69) is 24.1 Å². The van der Waals surface area contributed by atoms with E-state index < -0.39 is 11.7 Å². The highest BCUT2D eigenvalue weighted by Crippen LogP contribution is 2.49. The summed E-state index contributed by atoms with van der Waals surface area (Å²) in [6.07, 6.45) is -1.92. The third-order valence-corrected chi connectivity index (χ3v) is 5.30. The molecule has 23 heavy (non-hydrogen) atoms. The van der Waals surface area contributed by atoms with Crippen LogP contribution in [-0.2, 0) is 6.18 Å². The van der Waals surface area contributed by atoms with Crippen LogP contribution in [0.1, 0.15) is 41.5 Å². The molecule has 1 saturated heterocycles. The number of hydrogen-bond donors (Lipinski definition) is 0. The summed E-state index contributed by atoms with van der Waals surface area (Å²) in [7, 11) is 2.15. The van der Waals surface area contributed by atoms with Crippen molar-refractivity contribution in [3.8, 4) is 11.1 Å². The van der Waals surface area contributed by atoms with E-state index in [1.54, 1.807) is 12.1 Å². The minimum Gasteiger partial charge on any atom is -0.299 e. The van der Waals surface area contributed by atoms with Crippen LogP contribution in [0.4, 0.5) is 13.2 Å². The van der Waals surface area contributed by atoms with Gasteiger partial charge in [0.15, 0.2) is 0 Å². The quantitative estimate of drug-likeness (QED) is 0.695. The van der Waals surface area contributed by atoms with Crippen LogP contribution in [0.5, 0.6) is 0 Å². The summed E-state index contributed by atoms with van der Waals surface area (Å²) in [6, 6.07) is 12.3. The lowest BCUT2D eigenvalue weighted by Crippen LogP contribution is -2.28. The molecule has 4 rings (SSSR count). The fourth-order valence-electron chi connectivity index (χ4n) is 4.00. The first kappa shape index (κ1) is 14.8. The predicted octanol–water partition coefficient (Wildman–Crippen LogP) is 5.24. The molecule has 2 aromatic rings. The molecule has 0 radical (unpaired) electrons. The first-order valence-electron chi connectivity index (χ1n) is 7.95. The average Bonchev–Trinajstić information content (AvgIpc) is 2.84. The molecule has 0 unspecified atom stereocenters. The zero-order valence-corrected chi connectivity index (χ0v) is 12.9. The minimum absolute atomic E-state index is 0.457. The molecule has 1 aliphatic carbocycles. The van der Waals surface area contributed by atoms with Crippen molar-refractivity contribution in [1.29, 1.82) is 0 Å². The van der Waals surface area contributed by atoms with Crippen molar-refractivity contribution in [2.45, 2.75) is 31.0 Å². The first-order chi connectivity index (χ1) is 10.9. The van der Waals surface area contributed by atoms with Gasteiger partial charge in [-0.25, -0.2) is 0 Å². The van der Waals surface area contributed by atoms with Gasteiger partial charge in [0.05, 0.1) is 5.56 Å². The normalized spacial score (nSPS) is 23.8. The lowest BCUT2D eigenvalue weighted by atomic mass is 9.95. The van der Waals surface area contributed by atoms with Crippen molar-refractivity contribution in [2.75, 3.05) is 13.6 Å². The van der Waals surface area contributed by atoms with Gasteiger partial charge in [-0.2, -0.15) is 13.2 Å². The molecule has 2 aromatic carbocycles. The number of benzene rings is 2. The topological polar surface area (TPSA) is 3.24 Å². The molecular formula is C19H18F3N. The number of likely N-dealkylation sites (tertiary alicyclic amines) is 1. The third kappa shape index (κ3) is 2.45.